The molecule has 320 valence electrons. The number of ketones is 3. The Morgan fingerprint density at radius 3 is 1.90 bits per heavy atom. The molecule has 2 aliphatic rings. The Balaban J connectivity index is 1.14. The molecule has 13 rings (SSSR count). The first kappa shape index (κ1) is 38.9. The fraction of sp³-hybridized carbons (Fsp3) is 0.0179. The molecule has 0 saturated carbocycles. The lowest BCUT2D eigenvalue weighted by atomic mass is 9.76. The summed E-state index contributed by atoms with van der Waals surface area (Å²) >= 11 is 0. The summed E-state index contributed by atoms with van der Waals surface area (Å²) in [6.07, 6.45) is -0.376. The van der Waals surface area contributed by atoms with Crippen LogP contribution in [0.25, 0.3) is 81.4 Å². The van der Waals surface area contributed by atoms with Gasteiger partial charge in [0.2, 0.25) is 5.43 Å². The van der Waals surface area contributed by atoms with Crippen molar-refractivity contribution in [2.24, 2.45) is 0 Å². The summed E-state index contributed by atoms with van der Waals surface area (Å²) in [5.41, 5.74) is 0.559. The quantitative estimate of drug-likeness (QED) is 0.145. The number of fused-ring (bicyclic) bond motifs is 16. The number of anilines is 2. The number of H-pyrrole nitrogens is 1. The normalized spacial score (nSPS) is 13.6. The molecule has 0 radical (unpaired) electrons. The molecule has 0 fully saturated rings. The van der Waals surface area contributed by atoms with Gasteiger partial charge in [0.25, 0.3) is 11.8 Å². The van der Waals surface area contributed by atoms with Gasteiger partial charge >= 0.3 is 0 Å². The van der Waals surface area contributed by atoms with Crippen LogP contribution in [0, 0.1) is 0 Å². The Labute approximate surface area is 380 Å². The van der Waals surface area contributed by atoms with Crippen molar-refractivity contribution >= 4 is 122 Å². The van der Waals surface area contributed by atoms with Gasteiger partial charge in [0, 0.05) is 66.6 Å². The number of aromatic amines is 1. The molecular formula is C56H28N4O8. The van der Waals surface area contributed by atoms with Crippen molar-refractivity contribution in [2.45, 2.75) is 6.42 Å². The van der Waals surface area contributed by atoms with Gasteiger partial charge in [-0.1, -0.05) is 91.0 Å². The van der Waals surface area contributed by atoms with Crippen molar-refractivity contribution in [3.8, 4) is 0 Å². The molecule has 0 saturated heterocycles. The molecule has 12 nitrogen and oxygen atoms in total. The van der Waals surface area contributed by atoms with Crippen molar-refractivity contribution in [1.82, 2.24) is 9.97 Å². The monoisotopic (exact) mass is 884 g/mol. The van der Waals surface area contributed by atoms with Crippen LogP contribution in [0.4, 0.5) is 11.4 Å². The number of benzene rings is 9. The zero-order chi connectivity index (χ0) is 46.3. The fourth-order valence-corrected chi connectivity index (χ4v) is 10.4. The number of carbonyl (C=O) groups excluding carboxylic acids is 5. The highest BCUT2D eigenvalue weighted by molar-refractivity contribution is 6.46. The smallest absolute Gasteiger partial charge is 0.255 e. The molecule has 68 heavy (non-hydrogen) atoms. The van der Waals surface area contributed by atoms with Gasteiger partial charge in [0.05, 0.1) is 60.9 Å². The van der Waals surface area contributed by atoms with Crippen LogP contribution in [-0.4, -0.2) is 39.1 Å². The van der Waals surface area contributed by atoms with Crippen LogP contribution >= 0.6 is 0 Å². The third-order valence-electron chi connectivity index (χ3n) is 13.4. The largest absolute Gasteiger partial charge is 0.353 e. The van der Waals surface area contributed by atoms with E-state index >= 15 is 9.59 Å². The van der Waals surface area contributed by atoms with Crippen LogP contribution in [0.1, 0.15) is 63.9 Å². The van der Waals surface area contributed by atoms with Crippen molar-refractivity contribution in [3.05, 3.63) is 209 Å². The Hall–Kier alpha value is -9.55. The Kier molecular flexibility index (Phi) is 7.99. The lowest BCUT2D eigenvalue weighted by molar-refractivity contribution is 0.0946. The van der Waals surface area contributed by atoms with Gasteiger partial charge in [-0.15, -0.1) is 0 Å². The van der Waals surface area contributed by atoms with E-state index in [0.717, 1.165) is 0 Å². The van der Waals surface area contributed by atoms with Crippen molar-refractivity contribution < 1.29 is 24.0 Å². The summed E-state index contributed by atoms with van der Waals surface area (Å²) in [6.45, 7) is 0. The lowest BCUT2D eigenvalue weighted by Crippen LogP contribution is -2.27. The number of hydrogen-bond acceptors (Lipinski definition) is 9. The van der Waals surface area contributed by atoms with E-state index in [-0.39, 0.29) is 89.3 Å². The summed E-state index contributed by atoms with van der Waals surface area (Å²) < 4.78 is 0. The van der Waals surface area contributed by atoms with E-state index in [1.165, 1.54) is 12.1 Å². The average Bonchev–Trinajstić information content (AvgIpc) is 3.95. The number of amides is 2. The predicted molar refractivity (Wildman–Crippen MR) is 262 cm³/mol. The van der Waals surface area contributed by atoms with Crippen LogP contribution < -0.4 is 26.9 Å². The fourth-order valence-electron chi connectivity index (χ4n) is 10.4. The molecule has 2 aliphatic carbocycles. The van der Waals surface area contributed by atoms with E-state index in [1.807, 2.05) is 12.1 Å². The minimum atomic E-state index is -0.610. The molecule has 11 aromatic rings. The standard InChI is InChI=1S/C56H28N4O8/c61-37-21-19-28-22-33-27(23-34(28)47(37)60-56(68)26-12-5-2-6-13-26)18-20-31-40-43-42-38(62)24-35-41(52(64)30-15-8-7-14-29(30)51(35)63)49(42)59-50(43)44-45(48(40)58-46(31)33)54(66)39-32(53(44)65)16-9-17-36(39)57-55(67)25-10-3-1-4-11-25/h1-23,59H,24H2,(H,57,67)(H,60,68). The minimum absolute atomic E-state index is 0.00611. The SMILES string of the molecule is O=C(Nc1c(=O)ccc2cc3c(ccc4c3nc3c5c(=O)c6c(NC(=O)c7ccccc7)cccc6c(=O)c5c5[nH]c6c(c5c43)C(=O)CC3=C6C(=O)c4ccccc4C3=O)cc12)c1ccccc1. The van der Waals surface area contributed by atoms with Gasteiger partial charge in [-0.2, -0.15) is 0 Å². The van der Waals surface area contributed by atoms with Gasteiger partial charge in [-0.3, -0.25) is 38.4 Å². The summed E-state index contributed by atoms with van der Waals surface area (Å²) in [5.74, 6) is -2.33. The lowest BCUT2D eigenvalue weighted by Gasteiger charge is -2.24. The average molecular weight is 885 g/mol. The highest BCUT2D eigenvalue weighted by Crippen LogP contribution is 2.48. The predicted octanol–water partition coefficient (Wildman–Crippen LogP) is 9.36. The van der Waals surface area contributed by atoms with Crippen molar-refractivity contribution in [2.75, 3.05) is 10.6 Å². The van der Waals surface area contributed by atoms with Gasteiger partial charge < -0.3 is 15.6 Å². The molecule has 2 aromatic heterocycles. The summed E-state index contributed by atoms with van der Waals surface area (Å²) in [5, 5.41) is 8.91. The van der Waals surface area contributed by atoms with Crippen molar-refractivity contribution in [3.63, 3.8) is 0 Å². The topological polar surface area (TPSA) is 189 Å². The van der Waals surface area contributed by atoms with Crippen LogP contribution in [0.5, 0.6) is 0 Å². The first-order chi connectivity index (χ1) is 33.1. The zero-order valence-corrected chi connectivity index (χ0v) is 35.2. The van der Waals surface area contributed by atoms with Gasteiger partial charge in [0.15, 0.2) is 28.2 Å². The molecule has 2 amide bonds. The molecule has 2 heterocycles. The number of carbonyl (C=O) groups is 5. The molecule has 0 bridgehead atoms. The molecule has 0 aliphatic heterocycles. The molecule has 0 spiro atoms. The first-order valence-electron chi connectivity index (χ1n) is 21.7. The van der Waals surface area contributed by atoms with E-state index in [0.29, 0.717) is 49.0 Å². The summed E-state index contributed by atoms with van der Waals surface area (Å²) in [4.78, 5) is 122. The first-order valence-corrected chi connectivity index (χ1v) is 21.7. The molecule has 3 N–H and O–H groups in total. The number of aromatic nitrogens is 2. The molecule has 0 atom stereocenters. The van der Waals surface area contributed by atoms with Gasteiger partial charge in [0.1, 0.15) is 0 Å². The Morgan fingerprint density at radius 1 is 0.515 bits per heavy atom. The van der Waals surface area contributed by atoms with E-state index in [9.17, 15) is 28.8 Å². The maximum absolute atomic E-state index is 15.4. The second kappa shape index (κ2) is 14.0. The Morgan fingerprint density at radius 2 is 1.16 bits per heavy atom. The maximum Gasteiger partial charge on any atom is 0.255 e. The van der Waals surface area contributed by atoms with Gasteiger partial charge in [-0.25, -0.2) is 4.98 Å². The number of hydrogen-bond donors (Lipinski definition) is 3. The molecule has 9 aromatic carbocycles. The van der Waals surface area contributed by atoms with E-state index in [4.69, 9.17) is 4.98 Å². The van der Waals surface area contributed by atoms with E-state index in [2.05, 4.69) is 15.6 Å². The summed E-state index contributed by atoms with van der Waals surface area (Å²) in [6, 6.07) is 38.2. The van der Waals surface area contributed by atoms with E-state index < -0.39 is 45.5 Å². The highest BCUT2D eigenvalue weighted by Gasteiger charge is 2.41. The number of allylic oxidation sites excluding steroid dienone is 2. The number of nitrogens with one attached hydrogen (secondary N) is 3. The third kappa shape index (κ3) is 5.27. The molecular weight excluding hydrogens is 857 g/mol. The number of Topliss-reactive ketones (excluding diaryl/α,β-unsaturated/α-hetero) is 3. The van der Waals surface area contributed by atoms with E-state index in [1.54, 1.807) is 115 Å². The van der Waals surface area contributed by atoms with Crippen LogP contribution in [-0.2, 0) is 0 Å². The number of rotatable bonds is 4. The highest BCUT2D eigenvalue weighted by atomic mass is 16.2. The van der Waals surface area contributed by atoms with Crippen LogP contribution in [0.2, 0.25) is 0 Å². The second-order valence-corrected chi connectivity index (χ2v) is 17.1. The van der Waals surface area contributed by atoms with Gasteiger partial charge in [-0.05, 0) is 59.3 Å². The molecule has 0 unspecified atom stereocenters. The molecule has 12 heteroatoms. The maximum atomic E-state index is 15.4. The Bertz CT molecular complexity index is 4450. The minimum Gasteiger partial charge on any atom is -0.353 e. The zero-order valence-electron chi connectivity index (χ0n) is 35.2. The van der Waals surface area contributed by atoms with Crippen LogP contribution in [0.3, 0.4) is 0 Å². The van der Waals surface area contributed by atoms with Crippen molar-refractivity contribution in [1.29, 1.82) is 0 Å². The summed E-state index contributed by atoms with van der Waals surface area (Å²) in [7, 11) is 0. The van der Waals surface area contributed by atoms with Crippen LogP contribution in [0.15, 0.2) is 159 Å². The third-order valence-corrected chi connectivity index (χ3v) is 13.4. The second-order valence-electron chi connectivity index (χ2n) is 17.1. The number of nitrogens with zero attached hydrogens (tertiary/aromatic N) is 1.